The van der Waals surface area contributed by atoms with Gasteiger partial charge in [0.25, 0.3) is 5.56 Å². The van der Waals surface area contributed by atoms with Gasteiger partial charge in [0.05, 0.1) is 18.3 Å². The van der Waals surface area contributed by atoms with Gasteiger partial charge in [-0.05, 0) is 24.3 Å². The number of hydrogen-bond donors (Lipinski definition) is 1. The summed E-state index contributed by atoms with van der Waals surface area (Å²) < 4.78 is 8.28. The molecule has 0 radical (unpaired) electrons. The van der Waals surface area contributed by atoms with Gasteiger partial charge in [0.2, 0.25) is 5.91 Å². The number of hydrogen-bond acceptors (Lipinski definition) is 4. The summed E-state index contributed by atoms with van der Waals surface area (Å²) in [5.41, 5.74) is 1.18. The first-order valence-electron chi connectivity index (χ1n) is 8.46. The molecule has 3 aromatic heterocycles. The third-order valence-electron chi connectivity index (χ3n) is 4.31. The zero-order valence-corrected chi connectivity index (χ0v) is 14.3. The predicted molar refractivity (Wildman–Crippen MR) is 96.9 cm³/mol. The molecule has 3 heterocycles. The summed E-state index contributed by atoms with van der Waals surface area (Å²) in [6.45, 7) is 2.12. The van der Waals surface area contributed by atoms with Crippen molar-refractivity contribution in [3.8, 4) is 0 Å². The number of aryl methyl sites for hydroxylation is 1. The minimum Gasteiger partial charge on any atom is -0.467 e. The molecule has 4 aromatic rings. The van der Waals surface area contributed by atoms with Crippen LogP contribution in [0.4, 0.5) is 0 Å². The topological polar surface area (TPSA) is 81.5 Å². The molecule has 0 unspecified atom stereocenters. The van der Waals surface area contributed by atoms with Crippen LogP contribution in [0.5, 0.6) is 0 Å². The first kappa shape index (κ1) is 16.1. The summed E-state index contributed by atoms with van der Waals surface area (Å²) in [5.74, 6) is 1.10. The van der Waals surface area contributed by atoms with Gasteiger partial charge in [0, 0.05) is 11.8 Å². The van der Waals surface area contributed by atoms with Crippen LogP contribution in [0.3, 0.4) is 0 Å². The van der Waals surface area contributed by atoms with Gasteiger partial charge in [-0.1, -0.05) is 25.1 Å². The van der Waals surface area contributed by atoms with Crippen LogP contribution < -0.4 is 10.9 Å². The van der Waals surface area contributed by atoms with Crippen LogP contribution in [-0.2, 0) is 24.3 Å². The van der Waals surface area contributed by atoms with Crippen molar-refractivity contribution in [1.29, 1.82) is 0 Å². The molecular weight excluding hydrogens is 332 g/mol. The number of carbonyl (C=O) groups excluding carboxylic acids is 1. The van der Waals surface area contributed by atoms with Crippen LogP contribution in [0.15, 0.2) is 57.9 Å². The highest BCUT2D eigenvalue weighted by atomic mass is 16.3. The number of nitrogens with one attached hydrogen (secondary N) is 1. The summed E-state index contributed by atoms with van der Waals surface area (Å²) in [6, 6.07) is 13.2. The van der Waals surface area contributed by atoms with E-state index in [0.717, 1.165) is 16.7 Å². The summed E-state index contributed by atoms with van der Waals surface area (Å²) in [5, 5.41) is 8.12. The Morgan fingerprint density at radius 1 is 1.19 bits per heavy atom. The highest BCUT2D eigenvalue weighted by Crippen LogP contribution is 2.19. The molecule has 0 aliphatic carbocycles. The first-order chi connectivity index (χ1) is 12.7. The molecule has 7 nitrogen and oxygen atoms in total. The smallest absolute Gasteiger partial charge is 0.291 e. The van der Waals surface area contributed by atoms with E-state index in [0.29, 0.717) is 17.7 Å². The zero-order chi connectivity index (χ0) is 18.1. The number of amides is 1. The molecule has 1 amide bonds. The Labute approximate surface area is 148 Å². The molecule has 0 bridgehead atoms. The average Bonchev–Trinajstić information content (AvgIpc) is 3.30. The lowest BCUT2D eigenvalue weighted by Crippen LogP contribution is -2.35. The van der Waals surface area contributed by atoms with E-state index in [1.54, 1.807) is 18.4 Å². The number of nitrogens with zero attached hydrogens (tertiary/aromatic N) is 3. The molecule has 7 heteroatoms. The molecule has 0 fully saturated rings. The predicted octanol–water partition coefficient (Wildman–Crippen LogP) is 2.12. The second kappa shape index (κ2) is 6.51. The second-order valence-electron chi connectivity index (χ2n) is 6.01. The highest BCUT2D eigenvalue weighted by molar-refractivity contribution is 5.87. The number of furan rings is 1. The van der Waals surface area contributed by atoms with Crippen molar-refractivity contribution in [2.24, 2.45) is 0 Å². The van der Waals surface area contributed by atoms with Crippen molar-refractivity contribution >= 4 is 22.3 Å². The van der Waals surface area contributed by atoms with Gasteiger partial charge < -0.3 is 9.73 Å². The molecule has 0 aliphatic heterocycles. The normalized spacial score (nSPS) is 11.3. The Morgan fingerprint density at radius 3 is 2.81 bits per heavy atom. The Hall–Kier alpha value is -3.35. The van der Waals surface area contributed by atoms with Crippen molar-refractivity contribution in [1.82, 2.24) is 19.5 Å². The maximum absolute atomic E-state index is 12.8. The standard InChI is InChI=1S/C19H18N4O3/c1-2-17-21-22(12-18(24)20-11-14-7-5-9-26-14)19(25)16-10-13-6-3-4-8-15(13)23(16)17/h3-10H,2,11-12H2,1H3,(H,20,24). The molecule has 1 N–H and O–H groups in total. The van der Waals surface area contributed by atoms with E-state index < -0.39 is 0 Å². The minimum atomic E-state index is -0.293. The third-order valence-corrected chi connectivity index (χ3v) is 4.31. The van der Waals surface area contributed by atoms with Gasteiger partial charge in [0.1, 0.15) is 23.6 Å². The van der Waals surface area contributed by atoms with Crippen molar-refractivity contribution in [2.45, 2.75) is 26.4 Å². The lowest BCUT2D eigenvalue weighted by atomic mass is 10.2. The van der Waals surface area contributed by atoms with Crippen LogP contribution in [0.25, 0.3) is 16.4 Å². The van der Waals surface area contributed by atoms with Gasteiger partial charge in [-0.2, -0.15) is 5.10 Å². The summed E-state index contributed by atoms with van der Waals surface area (Å²) in [4.78, 5) is 25.0. The number of benzene rings is 1. The molecular formula is C19H18N4O3. The number of para-hydroxylation sites is 1. The quantitative estimate of drug-likeness (QED) is 0.598. The zero-order valence-electron chi connectivity index (χ0n) is 14.3. The van der Waals surface area contributed by atoms with E-state index in [-0.39, 0.29) is 24.6 Å². The van der Waals surface area contributed by atoms with Crippen molar-refractivity contribution in [3.05, 3.63) is 70.7 Å². The lowest BCUT2D eigenvalue weighted by molar-refractivity contribution is -0.122. The molecule has 0 saturated heterocycles. The summed E-state index contributed by atoms with van der Waals surface area (Å²) in [7, 11) is 0. The van der Waals surface area contributed by atoms with Crippen LogP contribution >= 0.6 is 0 Å². The number of fused-ring (bicyclic) bond motifs is 3. The second-order valence-corrected chi connectivity index (χ2v) is 6.01. The van der Waals surface area contributed by atoms with Crippen molar-refractivity contribution < 1.29 is 9.21 Å². The molecule has 0 aliphatic rings. The Kier molecular flexibility index (Phi) is 4.04. The molecule has 4 rings (SSSR count). The lowest BCUT2D eigenvalue weighted by Gasteiger charge is -2.10. The van der Waals surface area contributed by atoms with E-state index in [1.165, 1.54) is 4.68 Å². The number of rotatable bonds is 5. The highest BCUT2D eigenvalue weighted by Gasteiger charge is 2.15. The fourth-order valence-corrected chi connectivity index (χ4v) is 3.08. The van der Waals surface area contributed by atoms with Crippen LogP contribution in [0.2, 0.25) is 0 Å². The van der Waals surface area contributed by atoms with Crippen LogP contribution in [0, 0.1) is 0 Å². The van der Waals surface area contributed by atoms with E-state index >= 15 is 0 Å². The van der Waals surface area contributed by atoms with Crippen molar-refractivity contribution in [3.63, 3.8) is 0 Å². The van der Waals surface area contributed by atoms with Gasteiger partial charge in [0.15, 0.2) is 0 Å². The van der Waals surface area contributed by atoms with Gasteiger partial charge in [-0.15, -0.1) is 0 Å². The maximum Gasteiger partial charge on any atom is 0.291 e. The van der Waals surface area contributed by atoms with Gasteiger partial charge in [-0.3, -0.25) is 14.0 Å². The molecule has 0 saturated carbocycles. The van der Waals surface area contributed by atoms with E-state index in [1.807, 2.05) is 41.7 Å². The first-order valence-corrected chi connectivity index (χ1v) is 8.46. The molecule has 132 valence electrons. The Morgan fingerprint density at radius 2 is 2.04 bits per heavy atom. The summed E-state index contributed by atoms with van der Waals surface area (Å²) >= 11 is 0. The summed E-state index contributed by atoms with van der Waals surface area (Å²) in [6.07, 6.45) is 2.19. The molecule has 1 aromatic carbocycles. The Balaban J connectivity index is 1.69. The maximum atomic E-state index is 12.8. The molecule has 26 heavy (non-hydrogen) atoms. The largest absolute Gasteiger partial charge is 0.467 e. The third kappa shape index (κ3) is 2.77. The fourth-order valence-electron chi connectivity index (χ4n) is 3.08. The van der Waals surface area contributed by atoms with E-state index in [4.69, 9.17) is 4.42 Å². The molecule has 0 spiro atoms. The molecule has 0 atom stereocenters. The van der Waals surface area contributed by atoms with Gasteiger partial charge >= 0.3 is 0 Å². The average molecular weight is 350 g/mol. The monoisotopic (exact) mass is 350 g/mol. The SMILES string of the molecule is CCc1nn(CC(=O)NCc2ccco2)c(=O)c2cc3ccccc3n12. The van der Waals surface area contributed by atoms with Crippen LogP contribution in [0.1, 0.15) is 18.5 Å². The van der Waals surface area contributed by atoms with Crippen LogP contribution in [-0.4, -0.2) is 20.1 Å². The van der Waals surface area contributed by atoms with E-state index in [2.05, 4.69) is 10.4 Å². The van der Waals surface area contributed by atoms with Crippen molar-refractivity contribution in [2.75, 3.05) is 0 Å². The van der Waals surface area contributed by atoms with E-state index in [9.17, 15) is 9.59 Å². The van der Waals surface area contributed by atoms with Gasteiger partial charge in [-0.25, -0.2) is 4.68 Å². The fraction of sp³-hybridized carbons (Fsp3) is 0.211. The minimum absolute atomic E-state index is 0.134. The number of carbonyl (C=O) groups is 1. The number of aromatic nitrogens is 3. The Bertz CT molecular complexity index is 1140.